The minimum absolute atomic E-state index is 0.107. The Labute approximate surface area is 109 Å². The predicted octanol–water partition coefficient (Wildman–Crippen LogP) is 0.105. The molecule has 2 heterocycles. The highest BCUT2D eigenvalue weighted by molar-refractivity contribution is 5.91. The number of nitrogen functional groups attached to an aromatic ring is 1. The highest BCUT2D eigenvalue weighted by Crippen LogP contribution is 2.15. The number of nitrogens with zero attached hydrogens (tertiary/aromatic N) is 2. The van der Waals surface area contributed by atoms with Gasteiger partial charge in [-0.15, -0.1) is 0 Å². The first-order chi connectivity index (χ1) is 9.01. The van der Waals surface area contributed by atoms with Crippen LogP contribution in [0.3, 0.4) is 0 Å². The maximum atomic E-state index is 11.7. The summed E-state index contributed by atoms with van der Waals surface area (Å²) in [6.07, 6.45) is 0. The zero-order chi connectivity index (χ0) is 14.0. The van der Waals surface area contributed by atoms with Gasteiger partial charge in [0.2, 0.25) is 0 Å². The molecular formula is C12H14N4O3. The monoisotopic (exact) mass is 262 g/mol. The topological polar surface area (TPSA) is 103 Å². The van der Waals surface area contributed by atoms with Gasteiger partial charge in [-0.1, -0.05) is 0 Å². The van der Waals surface area contributed by atoms with Crippen LogP contribution in [0.1, 0.15) is 27.6 Å². The molecule has 3 N–H and O–H groups in total. The summed E-state index contributed by atoms with van der Waals surface area (Å²) < 4.78 is 6.59. The average molecular weight is 262 g/mol. The maximum absolute atomic E-state index is 11.7. The second-order valence-corrected chi connectivity index (χ2v) is 4.14. The van der Waals surface area contributed by atoms with Crippen molar-refractivity contribution in [3.63, 3.8) is 0 Å². The van der Waals surface area contributed by atoms with Crippen molar-refractivity contribution in [3.8, 4) is 0 Å². The third kappa shape index (κ3) is 2.71. The van der Waals surface area contributed by atoms with E-state index in [0.29, 0.717) is 11.3 Å². The standard InChI is InChI=1S/C12H14N4O3/c1-7-3-4-11(17)16(15-7)6-9-5-10(12(18)14-13)19-8(9)2/h3-5H,6,13H2,1-2H3,(H,14,18). The Morgan fingerprint density at radius 2 is 2.21 bits per heavy atom. The lowest BCUT2D eigenvalue weighted by atomic mass is 10.2. The van der Waals surface area contributed by atoms with Gasteiger partial charge in [-0.25, -0.2) is 10.5 Å². The SMILES string of the molecule is Cc1ccc(=O)n(Cc2cc(C(=O)NN)oc2C)n1. The normalized spacial score (nSPS) is 10.5. The zero-order valence-electron chi connectivity index (χ0n) is 10.6. The Hall–Kier alpha value is -2.41. The molecular weight excluding hydrogens is 248 g/mol. The van der Waals surface area contributed by atoms with Crippen molar-refractivity contribution in [1.29, 1.82) is 0 Å². The lowest BCUT2D eigenvalue weighted by Crippen LogP contribution is -2.29. The van der Waals surface area contributed by atoms with Gasteiger partial charge < -0.3 is 4.42 Å². The molecule has 2 rings (SSSR count). The molecule has 0 aliphatic carbocycles. The van der Waals surface area contributed by atoms with Crippen molar-refractivity contribution in [2.24, 2.45) is 5.84 Å². The number of hydrogen-bond donors (Lipinski definition) is 2. The van der Waals surface area contributed by atoms with E-state index in [1.807, 2.05) is 5.43 Å². The molecule has 0 aromatic carbocycles. The van der Waals surface area contributed by atoms with E-state index in [4.69, 9.17) is 10.3 Å². The lowest BCUT2D eigenvalue weighted by Gasteiger charge is -2.03. The number of rotatable bonds is 3. The van der Waals surface area contributed by atoms with Crippen LogP contribution in [-0.2, 0) is 6.54 Å². The number of furan rings is 1. The molecule has 0 aliphatic heterocycles. The van der Waals surface area contributed by atoms with Gasteiger partial charge in [0, 0.05) is 11.6 Å². The van der Waals surface area contributed by atoms with E-state index in [-0.39, 0.29) is 17.9 Å². The summed E-state index contributed by atoms with van der Waals surface area (Å²) in [5.74, 6) is 5.17. The van der Waals surface area contributed by atoms with Crippen LogP contribution in [0.2, 0.25) is 0 Å². The summed E-state index contributed by atoms with van der Waals surface area (Å²) in [7, 11) is 0. The summed E-state index contributed by atoms with van der Waals surface area (Å²) in [5, 5.41) is 4.12. The second-order valence-electron chi connectivity index (χ2n) is 4.14. The van der Waals surface area contributed by atoms with Crippen molar-refractivity contribution < 1.29 is 9.21 Å². The van der Waals surface area contributed by atoms with Gasteiger partial charge in [0.1, 0.15) is 5.76 Å². The summed E-state index contributed by atoms with van der Waals surface area (Å²) in [4.78, 5) is 23.0. The van der Waals surface area contributed by atoms with E-state index in [0.717, 1.165) is 5.69 Å². The van der Waals surface area contributed by atoms with Crippen LogP contribution in [0, 0.1) is 13.8 Å². The van der Waals surface area contributed by atoms with Gasteiger partial charge in [0.05, 0.1) is 12.2 Å². The van der Waals surface area contributed by atoms with Crippen molar-refractivity contribution in [2.45, 2.75) is 20.4 Å². The third-order valence-corrected chi connectivity index (χ3v) is 2.70. The van der Waals surface area contributed by atoms with Crippen LogP contribution in [0.25, 0.3) is 0 Å². The Kier molecular flexibility index (Phi) is 3.48. The fraction of sp³-hybridized carbons (Fsp3) is 0.250. The zero-order valence-corrected chi connectivity index (χ0v) is 10.6. The van der Waals surface area contributed by atoms with Gasteiger partial charge in [-0.05, 0) is 26.0 Å². The molecule has 2 aromatic rings. The van der Waals surface area contributed by atoms with Crippen LogP contribution in [-0.4, -0.2) is 15.7 Å². The minimum Gasteiger partial charge on any atom is -0.456 e. The fourth-order valence-corrected chi connectivity index (χ4v) is 1.69. The molecule has 7 nitrogen and oxygen atoms in total. The van der Waals surface area contributed by atoms with E-state index in [9.17, 15) is 9.59 Å². The molecule has 0 aliphatic rings. The van der Waals surface area contributed by atoms with Crippen molar-refractivity contribution >= 4 is 5.91 Å². The molecule has 0 atom stereocenters. The summed E-state index contributed by atoms with van der Waals surface area (Å²) >= 11 is 0. The Morgan fingerprint density at radius 1 is 1.47 bits per heavy atom. The number of nitrogens with two attached hydrogens (primary N) is 1. The molecule has 0 bridgehead atoms. The number of carbonyl (C=O) groups excluding carboxylic acids is 1. The Balaban J connectivity index is 2.33. The van der Waals surface area contributed by atoms with E-state index < -0.39 is 5.91 Å². The first kappa shape index (κ1) is 13.0. The Morgan fingerprint density at radius 3 is 2.89 bits per heavy atom. The number of amides is 1. The minimum atomic E-state index is -0.515. The molecule has 0 radical (unpaired) electrons. The number of aromatic nitrogens is 2. The largest absolute Gasteiger partial charge is 0.456 e. The number of hydrazine groups is 1. The summed E-state index contributed by atoms with van der Waals surface area (Å²) in [6, 6.07) is 4.65. The maximum Gasteiger partial charge on any atom is 0.300 e. The highest BCUT2D eigenvalue weighted by Gasteiger charge is 2.14. The molecule has 7 heteroatoms. The molecule has 0 fully saturated rings. The number of nitrogens with one attached hydrogen (secondary N) is 1. The van der Waals surface area contributed by atoms with Crippen LogP contribution >= 0.6 is 0 Å². The summed E-state index contributed by atoms with van der Waals surface area (Å²) in [5.41, 5.74) is 3.22. The molecule has 1 amide bonds. The van der Waals surface area contributed by atoms with Gasteiger partial charge in [0.15, 0.2) is 5.76 Å². The van der Waals surface area contributed by atoms with Gasteiger partial charge in [-0.3, -0.25) is 15.0 Å². The van der Waals surface area contributed by atoms with E-state index in [1.54, 1.807) is 26.0 Å². The highest BCUT2D eigenvalue weighted by atomic mass is 16.4. The van der Waals surface area contributed by atoms with Crippen LogP contribution in [0.5, 0.6) is 0 Å². The molecule has 0 unspecified atom stereocenters. The van der Waals surface area contributed by atoms with Gasteiger partial charge in [-0.2, -0.15) is 5.10 Å². The first-order valence-electron chi connectivity index (χ1n) is 5.66. The average Bonchev–Trinajstić information content (AvgIpc) is 2.74. The van der Waals surface area contributed by atoms with Crippen LogP contribution in [0.4, 0.5) is 0 Å². The van der Waals surface area contributed by atoms with Gasteiger partial charge in [0.25, 0.3) is 5.56 Å². The molecule has 0 saturated carbocycles. The predicted molar refractivity (Wildman–Crippen MR) is 67.4 cm³/mol. The first-order valence-corrected chi connectivity index (χ1v) is 5.66. The quantitative estimate of drug-likeness (QED) is 0.464. The van der Waals surface area contributed by atoms with Crippen LogP contribution in [0.15, 0.2) is 27.4 Å². The smallest absolute Gasteiger partial charge is 0.300 e. The molecule has 100 valence electrons. The Bertz CT molecular complexity index is 672. The lowest BCUT2D eigenvalue weighted by molar-refractivity contribution is 0.0924. The molecule has 19 heavy (non-hydrogen) atoms. The van der Waals surface area contributed by atoms with Crippen molar-refractivity contribution in [1.82, 2.24) is 15.2 Å². The second kappa shape index (κ2) is 5.07. The summed E-state index contributed by atoms with van der Waals surface area (Å²) in [6.45, 7) is 3.75. The molecule has 0 saturated heterocycles. The number of carbonyl (C=O) groups is 1. The van der Waals surface area contributed by atoms with Crippen LogP contribution < -0.4 is 16.8 Å². The fourth-order valence-electron chi connectivity index (χ4n) is 1.69. The molecule has 0 spiro atoms. The van der Waals surface area contributed by atoms with E-state index >= 15 is 0 Å². The van der Waals surface area contributed by atoms with E-state index in [2.05, 4.69) is 5.10 Å². The van der Waals surface area contributed by atoms with E-state index in [1.165, 1.54) is 10.7 Å². The number of aryl methyl sites for hydroxylation is 2. The number of hydrogen-bond acceptors (Lipinski definition) is 5. The third-order valence-electron chi connectivity index (χ3n) is 2.70. The van der Waals surface area contributed by atoms with Crippen molar-refractivity contribution in [3.05, 3.63) is 51.3 Å². The van der Waals surface area contributed by atoms with Gasteiger partial charge >= 0.3 is 5.91 Å². The molecule has 2 aromatic heterocycles. The van der Waals surface area contributed by atoms with Crippen molar-refractivity contribution in [2.75, 3.05) is 0 Å².